The molecule has 4 aliphatic heterocycles. The van der Waals surface area contributed by atoms with E-state index in [1.165, 1.54) is 183 Å². The van der Waals surface area contributed by atoms with Crippen molar-refractivity contribution in [3.63, 3.8) is 0 Å². The zero-order valence-corrected chi connectivity index (χ0v) is 71.6. The van der Waals surface area contributed by atoms with Gasteiger partial charge in [-0.1, -0.05) is 265 Å². The second kappa shape index (κ2) is 24.8. The number of aryl methyl sites for hydroxylation is 2. The van der Waals surface area contributed by atoms with Crippen LogP contribution in [0.5, 0.6) is 0 Å². The molecule has 19 rings (SSSR count). The molecule has 2 aliphatic carbocycles. The van der Waals surface area contributed by atoms with Crippen LogP contribution in [0.2, 0.25) is 0 Å². The Hall–Kier alpha value is -9.33. The van der Waals surface area contributed by atoms with Gasteiger partial charge >= 0.3 is 0 Å². The van der Waals surface area contributed by atoms with Gasteiger partial charge in [-0.3, -0.25) is 0 Å². The Labute approximate surface area is 676 Å². The molecule has 0 spiro atoms. The molecule has 0 N–H and O–H groups in total. The highest BCUT2D eigenvalue weighted by atomic mass is 32.1. The van der Waals surface area contributed by atoms with Gasteiger partial charge in [-0.25, -0.2) is 0 Å². The molecule has 6 heterocycles. The Bertz CT molecular complexity index is 6090. The summed E-state index contributed by atoms with van der Waals surface area (Å²) in [6.45, 7) is 50.9. The molecule has 4 nitrogen and oxygen atoms in total. The third-order valence-corrected chi connectivity index (χ3v) is 30.3. The highest BCUT2D eigenvalue weighted by molar-refractivity contribution is 7.30. The number of benzene rings is 11. The minimum atomic E-state index is -0.237. The number of hydrogen-bond donors (Lipinski definition) is 0. The second-order valence-corrected chi connectivity index (χ2v) is 42.7. The molecule has 8 heteroatoms. The van der Waals surface area contributed by atoms with Crippen LogP contribution < -0.4 is 51.0 Å². The van der Waals surface area contributed by atoms with E-state index in [9.17, 15) is 0 Å². The molecular formula is C104H108B2N4S2. The topological polar surface area (TPSA) is 13.0 Å². The number of rotatable bonds is 8. The summed E-state index contributed by atoms with van der Waals surface area (Å²) in [7, 11) is 0. The minimum absolute atomic E-state index is 0.00384. The summed E-state index contributed by atoms with van der Waals surface area (Å²) in [5.74, 6) is 0. The third kappa shape index (κ3) is 11.3. The zero-order chi connectivity index (χ0) is 78.4. The third-order valence-electron chi connectivity index (χ3n) is 27.0. The van der Waals surface area contributed by atoms with Crippen molar-refractivity contribution in [1.29, 1.82) is 0 Å². The fourth-order valence-corrected chi connectivity index (χ4v) is 23.9. The summed E-state index contributed by atoms with van der Waals surface area (Å²) in [6.07, 6.45) is 5.50. The largest absolute Gasteiger partial charge is 0.311 e. The highest BCUT2D eigenvalue weighted by Gasteiger charge is 2.54. The Morgan fingerprint density at radius 2 is 0.821 bits per heavy atom. The van der Waals surface area contributed by atoms with Gasteiger partial charge in [0.15, 0.2) is 0 Å². The van der Waals surface area contributed by atoms with E-state index in [0.717, 1.165) is 25.7 Å². The van der Waals surface area contributed by atoms with E-state index in [4.69, 9.17) is 0 Å². The lowest BCUT2D eigenvalue weighted by atomic mass is 9.35. The molecule has 6 aliphatic rings. The molecule has 0 unspecified atom stereocenters. The van der Waals surface area contributed by atoms with Crippen LogP contribution in [0.3, 0.4) is 0 Å². The van der Waals surface area contributed by atoms with E-state index >= 15 is 0 Å². The van der Waals surface area contributed by atoms with Gasteiger partial charge in [0.25, 0.3) is 13.4 Å². The Morgan fingerprint density at radius 3 is 1.43 bits per heavy atom. The average Bonchev–Trinajstić information content (AvgIpc) is 1.33. The summed E-state index contributed by atoms with van der Waals surface area (Å²) >= 11 is 4.24. The number of para-hydroxylation sites is 1. The van der Waals surface area contributed by atoms with Crippen molar-refractivity contribution in [2.45, 2.75) is 221 Å². The van der Waals surface area contributed by atoms with Crippen molar-refractivity contribution in [1.82, 2.24) is 0 Å². The Morgan fingerprint density at radius 1 is 0.348 bits per heavy atom. The van der Waals surface area contributed by atoms with Gasteiger partial charge in [-0.2, -0.15) is 22.7 Å². The van der Waals surface area contributed by atoms with Crippen LogP contribution in [-0.2, 0) is 49.7 Å². The summed E-state index contributed by atoms with van der Waals surface area (Å²) in [4.78, 5) is 13.9. The molecule has 0 atom stereocenters. The first kappa shape index (κ1) is 72.9. The van der Waals surface area contributed by atoms with E-state index in [2.05, 4.69) is 400 Å². The van der Waals surface area contributed by atoms with Crippen molar-refractivity contribution in [2.75, 3.05) is 19.6 Å². The first-order valence-electron chi connectivity index (χ1n) is 41.4. The number of fused-ring (bicyclic) bond motifs is 14. The van der Waals surface area contributed by atoms with Gasteiger partial charge < -0.3 is 19.6 Å². The number of nitrogens with zero attached hydrogens (tertiary/aromatic N) is 4. The van der Waals surface area contributed by atoms with Crippen LogP contribution in [0.15, 0.2) is 212 Å². The maximum Gasteiger partial charge on any atom is 0.264 e. The summed E-state index contributed by atoms with van der Waals surface area (Å²) in [5.41, 5.74) is 35.4. The second-order valence-electron chi connectivity index (χ2n) is 40.6. The number of thiophene rings is 2. The monoisotopic (exact) mass is 1500 g/mol. The number of anilines is 12. The lowest BCUT2D eigenvalue weighted by molar-refractivity contribution is 0.339. The van der Waals surface area contributed by atoms with Crippen LogP contribution in [0.4, 0.5) is 68.2 Å². The molecule has 0 saturated carbocycles. The Balaban J connectivity index is 0.726. The summed E-state index contributed by atoms with van der Waals surface area (Å²) in [6, 6.07) is 84.2. The first-order valence-corrected chi connectivity index (χ1v) is 43.0. The van der Waals surface area contributed by atoms with Crippen LogP contribution in [-0.4, -0.2) is 13.4 Å². The molecule has 0 amide bonds. The molecule has 11 aromatic carbocycles. The molecule has 112 heavy (non-hydrogen) atoms. The summed E-state index contributed by atoms with van der Waals surface area (Å²) < 4.78 is 2.95. The van der Waals surface area contributed by atoms with E-state index in [1.807, 2.05) is 0 Å². The fraction of sp³-hybridized carbons (Fsp3) is 0.327. The molecule has 13 aromatic rings. The predicted molar refractivity (Wildman–Crippen MR) is 490 cm³/mol. The lowest BCUT2D eigenvalue weighted by Crippen LogP contribution is -2.61. The average molecular weight is 1500 g/mol. The molecule has 2 aromatic heterocycles. The van der Waals surface area contributed by atoms with Crippen LogP contribution in [0.1, 0.15) is 217 Å². The van der Waals surface area contributed by atoms with Crippen molar-refractivity contribution in [2.24, 2.45) is 0 Å². The lowest BCUT2D eigenvalue weighted by Gasteiger charge is -2.46. The molecule has 562 valence electrons. The highest BCUT2D eigenvalue weighted by Crippen LogP contribution is 2.60. The van der Waals surface area contributed by atoms with Crippen LogP contribution in [0, 0.1) is 13.8 Å². The van der Waals surface area contributed by atoms with E-state index in [1.54, 1.807) is 15.3 Å². The van der Waals surface area contributed by atoms with E-state index < -0.39 is 0 Å². The van der Waals surface area contributed by atoms with Gasteiger partial charge in [-0.05, 0) is 262 Å². The van der Waals surface area contributed by atoms with Crippen LogP contribution in [0.25, 0.3) is 32.7 Å². The van der Waals surface area contributed by atoms with E-state index in [-0.39, 0.29) is 56.7 Å². The molecule has 0 radical (unpaired) electrons. The minimum Gasteiger partial charge on any atom is -0.311 e. The molecule has 0 saturated heterocycles. The van der Waals surface area contributed by atoms with Gasteiger partial charge in [0.1, 0.15) is 0 Å². The van der Waals surface area contributed by atoms with E-state index in [0.29, 0.717) is 0 Å². The Kier molecular flexibility index (Phi) is 16.2. The van der Waals surface area contributed by atoms with Gasteiger partial charge in [0.05, 0.1) is 22.7 Å². The van der Waals surface area contributed by atoms with Crippen molar-refractivity contribution in [3.05, 3.63) is 272 Å². The summed E-state index contributed by atoms with van der Waals surface area (Å²) in [5, 5.41) is 5.04. The standard InChI is InChI=1S/C104H108B2N4S2/c1-62-53-83-89-86(56-62)110(80-32-26-28-65-27-22-23-29-75(65)80)92-88-94(103(18,19)52-50-101(88,14)15)112-96(92)106(89)78-59-72(42-48-81(78)107(83)73-43-37-69(38-44-73)97(3,4)5)104(20,21)61-64-33-34-67-58-68(36-35-66(67)57-64)76-30-24-25-31-79(76)109-82-60-71(99(9,10)11)41-47-77(82)105-90-84(54-63(2)55-85(90)109)108(74-45-39-70(40-46-74)98(6,7)8)91-87-93(111-95(91)105)102(16,17)51-49-100(87,12)13/h22-48,53-60H,49-52,61H2,1-21H3. The quantitative estimate of drug-likeness (QED) is 0.141. The maximum absolute atomic E-state index is 2.74. The van der Waals surface area contributed by atoms with Crippen molar-refractivity contribution < 1.29 is 0 Å². The van der Waals surface area contributed by atoms with Crippen molar-refractivity contribution in [3.8, 4) is 11.1 Å². The molecule has 0 bridgehead atoms. The maximum atomic E-state index is 2.74. The van der Waals surface area contributed by atoms with Gasteiger partial charge in [-0.15, -0.1) is 0 Å². The van der Waals surface area contributed by atoms with Gasteiger partial charge in [0.2, 0.25) is 0 Å². The molecular weight excluding hydrogens is 1390 g/mol. The number of hydrogen-bond acceptors (Lipinski definition) is 6. The molecule has 0 fully saturated rings. The van der Waals surface area contributed by atoms with Gasteiger partial charge in [0, 0.05) is 75.8 Å². The van der Waals surface area contributed by atoms with Crippen LogP contribution >= 0.6 is 22.7 Å². The smallest absolute Gasteiger partial charge is 0.264 e. The normalized spacial score (nSPS) is 16.9. The first-order chi connectivity index (χ1) is 53.0. The predicted octanol–water partition coefficient (Wildman–Crippen LogP) is 25.7. The SMILES string of the molecule is Cc1cc2c3c(c1)N(c1ccc(C(C)(C)C)cc1)c1c(sc4c1C(C)(C)CCC4(C)C)B3c1ccc(C(C)(C)C)cc1N2c1ccccc1-c1ccc2cc(CC(C)(C)c3ccc4c(c3)B3c5sc6c(c5N(c5cccc7ccccc57)c5cc(C)cc(c53)N4c3ccc(C(C)(C)C)cc3)C(C)(C)CCC6(C)C)ccc2c1. The zero-order valence-electron chi connectivity index (χ0n) is 70.0. The van der Waals surface area contributed by atoms with Crippen molar-refractivity contribution >= 4 is 157 Å². The fourth-order valence-electron chi connectivity index (χ4n) is 20.5.